The molecule has 0 aromatic rings. The van der Waals surface area contributed by atoms with E-state index in [1.165, 1.54) is 0 Å². The van der Waals surface area contributed by atoms with Crippen molar-refractivity contribution in [1.82, 2.24) is 0 Å². The van der Waals surface area contributed by atoms with E-state index in [-0.39, 0.29) is 0 Å². The predicted molar refractivity (Wildman–Crippen MR) is 32.1 cm³/mol. The average molecular weight is 298 g/mol. The van der Waals surface area contributed by atoms with Crippen LogP contribution in [0.3, 0.4) is 0 Å². The first-order chi connectivity index (χ1) is 6.66. The number of alkyl halides is 6. The molecular formula is C2F6O6S2. The molecule has 0 aliphatic rings. The van der Waals surface area contributed by atoms with E-state index in [0.29, 0.717) is 0 Å². The first-order valence-corrected chi connectivity index (χ1v) is 6.04. The third-order valence-electron chi connectivity index (χ3n) is 0.643. The van der Waals surface area contributed by atoms with Crippen LogP contribution >= 0.6 is 0 Å². The van der Waals surface area contributed by atoms with Gasteiger partial charge in [0.1, 0.15) is 0 Å². The van der Waals surface area contributed by atoms with Crippen molar-refractivity contribution >= 4 is 18.3 Å². The summed E-state index contributed by atoms with van der Waals surface area (Å²) >= 11 is 0. The van der Waals surface area contributed by atoms with Gasteiger partial charge in [0, 0.05) is 0 Å². The highest BCUT2D eigenvalue weighted by molar-refractivity contribution is 8.63. The Labute approximate surface area is 83.4 Å². The van der Waals surface area contributed by atoms with Crippen molar-refractivity contribution in [3.63, 3.8) is 0 Å². The molecule has 0 N–H and O–H groups in total. The maximum Gasteiger partial charge on any atom is 0.538 e. The van der Waals surface area contributed by atoms with Gasteiger partial charge >= 0.3 is 31.0 Å². The minimum Gasteiger partial charge on any atom is -0.179 e. The van der Waals surface area contributed by atoms with Gasteiger partial charge in [-0.2, -0.15) is 25.2 Å². The largest absolute Gasteiger partial charge is 0.538 e. The van der Waals surface area contributed by atoms with Crippen LogP contribution in [-0.4, -0.2) is 29.6 Å². The number of rotatable bonds is 3. The average Bonchev–Trinajstić information content (AvgIpc) is 1.72. The van der Waals surface area contributed by atoms with Crippen molar-refractivity contribution < 1.29 is 51.5 Å². The zero-order chi connectivity index (χ0) is 13.4. The van der Waals surface area contributed by atoms with E-state index in [0.717, 1.165) is 0 Å². The molecule has 14 heteroatoms. The van der Waals surface area contributed by atoms with Crippen LogP contribution in [-0.2, 0) is 26.7 Å². The summed E-state index contributed by atoms with van der Waals surface area (Å²) < 4.78 is 113. The molecule has 0 rings (SSSR count). The molecule has 0 saturated heterocycles. The summed E-state index contributed by atoms with van der Waals surface area (Å²) in [6, 6.07) is 0. The molecule has 6 nitrogen and oxygen atoms in total. The summed E-state index contributed by atoms with van der Waals surface area (Å²) in [4.78, 5) is 0. The van der Waals surface area contributed by atoms with Crippen LogP contribution in [0.1, 0.15) is 0 Å². The molecule has 0 spiro atoms. The quantitative estimate of drug-likeness (QED) is 0.561. The van der Waals surface area contributed by atoms with E-state index in [1.54, 1.807) is 0 Å². The highest BCUT2D eigenvalue weighted by Crippen LogP contribution is 2.27. The second-order valence-corrected chi connectivity index (χ2v) is 6.29. The summed E-state index contributed by atoms with van der Waals surface area (Å²) in [6.07, 6.45) is -12.0. The van der Waals surface area contributed by atoms with Crippen molar-refractivity contribution in [2.24, 2.45) is 0 Å². The Morgan fingerprint density at radius 2 is 0.812 bits per heavy atom. The molecule has 0 saturated carbocycles. The Kier molecular flexibility index (Phi) is 3.86. The van der Waals surface area contributed by atoms with Gasteiger partial charge in [-0.1, -0.05) is 0 Å². The van der Waals surface area contributed by atoms with E-state index in [1.807, 2.05) is 8.37 Å². The van der Waals surface area contributed by atoms with Gasteiger partial charge in [0.05, 0.1) is 0 Å². The maximum absolute atomic E-state index is 11.3. The lowest BCUT2D eigenvalue weighted by Crippen LogP contribution is -2.31. The summed E-state index contributed by atoms with van der Waals surface area (Å²) in [7, 11) is -13.3. The van der Waals surface area contributed by atoms with E-state index >= 15 is 0 Å². The fourth-order valence-corrected chi connectivity index (χ4v) is 1.91. The zero-order valence-electron chi connectivity index (χ0n) is 6.53. The monoisotopic (exact) mass is 298 g/mol. The molecule has 0 heterocycles. The SMILES string of the molecule is O=S(=O)(OC(F)(F)F)S(=O)(=O)OC(F)(F)F. The minimum atomic E-state index is -6.65. The third kappa shape index (κ3) is 4.95. The van der Waals surface area contributed by atoms with E-state index in [4.69, 9.17) is 0 Å². The topological polar surface area (TPSA) is 86.7 Å². The van der Waals surface area contributed by atoms with Crippen LogP contribution in [0.5, 0.6) is 0 Å². The van der Waals surface area contributed by atoms with Crippen molar-refractivity contribution in [3.05, 3.63) is 0 Å². The second kappa shape index (κ2) is 4.01. The van der Waals surface area contributed by atoms with Crippen molar-refractivity contribution in [2.45, 2.75) is 12.7 Å². The summed E-state index contributed by atoms with van der Waals surface area (Å²) in [5, 5.41) is 0. The van der Waals surface area contributed by atoms with Gasteiger partial charge in [-0.25, -0.2) is 0 Å². The smallest absolute Gasteiger partial charge is 0.179 e. The first kappa shape index (κ1) is 15.4. The lowest BCUT2D eigenvalue weighted by molar-refractivity contribution is -0.276. The molecule has 0 fully saturated rings. The van der Waals surface area contributed by atoms with Gasteiger partial charge in [-0.05, 0) is 0 Å². The van der Waals surface area contributed by atoms with Crippen LogP contribution in [0.15, 0.2) is 0 Å². The lowest BCUT2D eigenvalue weighted by Gasteiger charge is -2.09. The molecule has 0 aliphatic heterocycles. The summed E-state index contributed by atoms with van der Waals surface area (Å²) in [5.41, 5.74) is 0. The van der Waals surface area contributed by atoms with Crippen LogP contribution in [0.2, 0.25) is 0 Å². The van der Waals surface area contributed by atoms with E-state index in [2.05, 4.69) is 0 Å². The standard InChI is InChI=1S/C2F6O6S2/c3-1(4,5)13-15(9,10)16(11,12)14-2(6,7)8. The second-order valence-electron chi connectivity index (χ2n) is 1.87. The van der Waals surface area contributed by atoms with Crippen molar-refractivity contribution in [2.75, 3.05) is 0 Å². The summed E-state index contributed by atoms with van der Waals surface area (Å²) in [5.74, 6) is 0. The minimum absolute atomic E-state index is 2.00. The zero-order valence-corrected chi connectivity index (χ0v) is 8.17. The molecule has 0 aliphatic carbocycles. The number of hydrogen-bond donors (Lipinski definition) is 0. The molecule has 0 atom stereocenters. The van der Waals surface area contributed by atoms with Crippen LogP contribution in [0, 0.1) is 0 Å². The molecule has 98 valence electrons. The first-order valence-electron chi connectivity index (χ1n) is 2.71. The fraction of sp³-hybridized carbons (Fsp3) is 1.00. The van der Waals surface area contributed by atoms with Gasteiger partial charge in [0.15, 0.2) is 0 Å². The number of halogens is 6. The highest BCUT2D eigenvalue weighted by Gasteiger charge is 2.50. The molecule has 0 amide bonds. The van der Waals surface area contributed by atoms with Crippen LogP contribution in [0.25, 0.3) is 0 Å². The molecule has 0 unspecified atom stereocenters. The number of hydrogen-bond acceptors (Lipinski definition) is 6. The third-order valence-corrected chi connectivity index (χ3v) is 3.84. The highest BCUT2D eigenvalue weighted by atomic mass is 33.2. The fourth-order valence-electron chi connectivity index (χ4n) is 0.315. The predicted octanol–water partition coefficient (Wildman–Crippen LogP) is 0.634. The van der Waals surface area contributed by atoms with Crippen molar-refractivity contribution in [1.29, 1.82) is 0 Å². The summed E-state index contributed by atoms with van der Waals surface area (Å²) in [6.45, 7) is 0. The van der Waals surface area contributed by atoms with Gasteiger partial charge in [-0.3, -0.25) is 0 Å². The Morgan fingerprint density at radius 1 is 0.625 bits per heavy atom. The van der Waals surface area contributed by atoms with Crippen LogP contribution < -0.4 is 0 Å². The molecule has 0 aromatic heterocycles. The molecule has 0 radical (unpaired) electrons. The Bertz CT molecular complexity index is 394. The normalized spacial score (nSPS) is 15.1. The van der Waals surface area contributed by atoms with Gasteiger partial charge in [0.25, 0.3) is 0 Å². The molecular weight excluding hydrogens is 298 g/mol. The van der Waals surface area contributed by atoms with Crippen LogP contribution in [0.4, 0.5) is 26.3 Å². The Morgan fingerprint density at radius 3 is 0.938 bits per heavy atom. The Hall–Kier alpha value is -0.600. The lowest BCUT2D eigenvalue weighted by atomic mass is 11.4. The maximum atomic E-state index is 11.3. The van der Waals surface area contributed by atoms with E-state index < -0.39 is 31.0 Å². The molecule has 16 heavy (non-hydrogen) atoms. The van der Waals surface area contributed by atoms with Gasteiger partial charge in [0.2, 0.25) is 0 Å². The van der Waals surface area contributed by atoms with Gasteiger partial charge in [-0.15, -0.1) is 26.3 Å². The molecule has 0 aromatic carbocycles. The molecule has 0 bridgehead atoms. The van der Waals surface area contributed by atoms with Crippen molar-refractivity contribution in [3.8, 4) is 0 Å². The van der Waals surface area contributed by atoms with Gasteiger partial charge < -0.3 is 0 Å². The Balaban J connectivity index is 5.20. The van der Waals surface area contributed by atoms with E-state index in [9.17, 15) is 43.2 Å².